The molecule has 0 saturated carbocycles. The van der Waals surface area contributed by atoms with Crippen LogP contribution >= 0.6 is 0 Å². The molecule has 0 fully saturated rings. The van der Waals surface area contributed by atoms with Crippen molar-refractivity contribution in [3.63, 3.8) is 0 Å². The molecule has 0 aliphatic heterocycles. The van der Waals surface area contributed by atoms with Gasteiger partial charge in [-0.3, -0.25) is 4.79 Å². The van der Waals surface area contributed by atoms with Gasteiger partial charge in [-0.1, -0.05) is 18.2 Å². The topological polar surface area (TPSA) is 70.9 Å². The quantitative estimate of drug-likeness (QED) is 0.506. The smallest absolute Gasteiger partial charge is 0.264 e. The number of rotatable bonds is 5. The first kappa shape index (κ1) is 16.2. The van der Waals surface area contributed by atoms with Gasteiger partial charge in [0, 0.05) is 6.08 Å². The highest BCUT2D eigenvalue weighted by atomic mass is 19.1. The molecular formula is C17H15FN2O3. The van der Waals surface area contributed by atoms with Crippen LogP contribution in [0.3, 0.4) is 0 Å². The van der Waals surface area contributed by atoms with Crippen LogP contribution in [-0.4, -0.2) is 24.3 Å². The minimum Gasteiger partial charge on any atom is -0.504 e. The highest BCUT2D eigenvalue weighted by molar-refractivity contribution is 5.92. The van der Waals surface area contributed by atoms with Crippen molar-refractivity contribution in [2.45, 2.75) is 0 Å². The molecule has 2 N–H and O–H groups in total. The van der Waals surface area contributed by atoms with E-state index in [2.05, 4.69) is 10.5 Å². The average molecular weight is 314 g/mol. The summed E-state index contributed by atoms with van der Waals surface area (Å²) in [5, 5.41) is 13.3. The molecule has 0 radical (unpaired) electrons. The average Bonchev–Trinajstić information content (AvgIpc) is 2.56. The van der Waals surface area contributed by atoms with Crippen LogP contribution in [0.4, 0.5) is 4.39 Å². The first-order valence-electron chi connectivity index (χ1n) is 6.72. The van der Waals surface area contributed by atoms with Crippen LogP contribution in [0.15, 0.2) is 53.6 Å². The van der Waals surface area contributed by atoms with Crippen LogP contribution in [0.5, 0.6) is 11.5 Å². The molecule has 2 aromatic carbocycles. The standard InChI is InChI=1S/C17H15FN2O3/c1-23-16-10-12(4-8-15(16)21)5-9-17(22)20-19-11-13-2-6-14(18)7-3-13/h2-11,21H,1H3,(H,20,22)/b9-5+,19-11+. The number of amides is 1. The molecule has 23 heavy (non-hydrogen) atoms. The largest absolute Gasteiger partial charge is 0.504 e. The number of nitrogens with one attached hydrogen (secondary N) is 1. The molecule has 1 amide bonds. The fourth-order valence-electron chi connectivity index (χ4n) is 1.73. The van der Waals surface area contributed by atoms with Crippen molar-refractivity contribution in [1.82, 2.24) is 5.43 Å². The summed E-state index contributed by atoms with van der Waals surface area (Å²) in [6.07, 6.45) is 4.27. The second kappa shape index (κ2) is 7.74. The number of carbonyl (C=O) groups excluding carboxylic acids is 1. The molecule has 0 atom stereocenters. The van der Waals surface area contributed by atoms with Crippen LogP contribution in [0.1, 0.15) is 11.1 Å². The van der Waals surface area contributed by atoms with Crippen molar-refractivity contribution in [3.05, 3.63) is 65.5 Å². The highest BCUT2D eigenvalue weighted by Crippen LogP contribution is 2.26. The second-order valence-corrected chi connectivity index (χ2v) is 4.55. The van der Waals surface area contributed by atoms with Gasteiger partial charge in [0.25, 0.3) is 5.91 Å². The molecule has 2 rings (SSSR count). The Morgan fingerprint density at radius 1 is 1.22 bits per heavy atom. The number of hydrogen-bond acceptors (Lipinski definition) is 4. The summed E-state index contributed by atoms with van der Waals surface area (Å²) in [6.45, 7) is 0. The fourth-order valence-corrected chi connectivity index (χ4v) is 1.73. The van der Waals surface area contributed by atoms with Gasteiger partial charge in [0.15, 0.2) is 11.5 Å². The van der Waals surface area contributed by atoms with Crippen LogP contribution in [0.25, 0.3) is 6.08 Å². The predicted molar refractivity (Wildman–Crippen MR) is 85.8 cm³/mol. The van der Waals surface area contributed by atoms with Gasteiger partial charge in [0.05, 0.1) is 13.3 Å². The summed E-state index contributed by atoms with van der Waals surface area (Å²) < 4.78 is 17.7. The Labute approximate surface area is 132 Å². The Hall–Kier alpha value is -3.15. The molecule has 5 nitrogen and oxygen atoms in total. The van der Waals surface area contributed by atoms with Gasteiger partial charge in [-0.25, -0.2) is 9.82 Å². The number of phenols is 1. The van der Waals surface area contributed by atoms with Gasteiger partial charge in [0.1, 0.15) is 5.82 Å². The summed E-state index contributed by atoms with van der Waals surface area (Å²) in [6, 6.07) is 10.4. The lowest BCUT2D eigenvalue weighted by Gasteiger charge is -2.03. The molecule has 0 spiro atoms. The van der Waals surface area contributed by atoms with E-state index < -0.39 is 5.91 Å². The maximum atomic E-state index is 12.7. The zero-order valence-electron chi connectivity index (χ0n) is 12.4. The molecule has 6 heteroatoms. The number of halogens is 1. The molecule has 0 aliphatic carbocycles. The molecule has 0 aromatic heterocycles. The Balaban J connectivity index is 1.92. The molecule has 0 aliphatic rings. The van der Waals surface area contributed by atoms with Crippen molar-refractivity contribution >= 4 is 18.2 Å². The maximum absolute atomic E-state index is 12.7. The van der Waals surface area contributed by atoms with E-state index in [4.69, 9.17) is 4.74 Å². The minimum atomic E-state index is -0.421. The Morgan fingerprint density at radius 3 is 2.61 bits per heavy atom. The molecule has 0 saturated heterocycles. The Bertz CT molecular complexity index is 740. The van der Waals surface area contributed by atoms with E-state index in [0.29, 0.717) is 16.9 Å². The lowest BCUT2D eigenvalue weighted by atomic mass is 10.2. The van der Waals surface area contributed by atoms with Crippen LogP contribution < -0.4 is 10.2 Å². The number of benzene rings is 2. The van der Waals surface area contributed by atoms with Gasteiger partial charge in [-0.05, 0) is 41.5 Å². The number of ether oxygens (including phenoxy) is 1. The van der Waals surface area contributed by atoms with E-state index in [1.54, 1.807) is 30.3 Å². The number of carbonyl (C=O) groups is 1. The van der Waals surface area contributed by atoms with E-state index in [9.17, 15) is 14.3 Å². The number of methoxy groups -OCH3 is 1. The summed E-state index contributed by atoms with van der Waals surface area (Å²) >= 11 is 0. The molecule has 0 bridgehead atoms. The zero-order chi connectivity index (χ0) is 16.7. The summed E-state index contributed by atoms with van der Waals surface area (Å²) in [7, 11) is 1.44. The first-order chi connectivity index (χ1) is 11.1. The molecule has 2 aromatic rings. The van der Waals surface area contributed by atoms with Gasteiger partial charge in [-0.15, -0.1) is 0 Å². The highest BCUT2D eigenvalue weighted by Gasteiger charge is 2.01. The normalized spacial score (nSPS) is 11.0. The number of aromatic hydroxyl groups is 1. The molecule has 0 heterocycles. The number of nitrogens with zero attached hydrogens (tertiary/aromatic N) is 1. The van der Waals surface area contributed by atoms with E-state index in [1.165, 1.54) is 37.6 Å². The van der Waals surface area contributed by atoms with Crippen molar-refractivity contribution in [2.24, 2.45) is 5.10 Å². The molecular weight excluding hydrogens is 299 g/mol. The van der Waals surface area contributed by atoms with Gasteiger partial charge < -0.3 is 9.84 Å². The van der Waals surface area contributed by atoms with Gasteiger partial charge in [0.2, 0.25) is 0 Å². The van der Waals surface area contributed by atoms with Crippen LogP contribution in [0, 0.1) is 5.82 Å². The lowest BCUT2D eigenvalue weighted by molar-refractivity contribution is -0.116. The third-order valence-corrected chi connectivity index (χ3v) is 2.89. The summed E-state index contributed by atoms with van der Waals surface area (Å²) in [4.78, 5) is 11.6. The number of hydrogen-bond donors (Lipinski definition) is 2. The Morgan fingerprint density at radius 2 is 1.91 bits per heavy atom. The lowest BCUT2D eigenvalue weighted by Crippen LogP contribution is -2.14. The van der Waals surface area contributed by atoms with E-state index in [-0.39, 0.29) is 11.6 Å². The third-order valence-electron chi connectivity index (χ3n) is 2.89. The number of hydrazone groups is 1. The molecule has 0 unspecified atom stereocenters. The summed E-state index contributed by atoms with van der Waals surface area (Å²) in [5.41, 5.74) is 3.68. The van der Waals surface area contributed by atoms with E-state index in [1.807, 2.05) is 0 Å². The van der Waals surface area contributed by atoms with E-state index in [0.717, 1.165) is 0 Å². The SMILES string of the molecule is COc1cc(/C=C/C(=O)N/N=C/c2ccc(F)cc2)ccc1O. The molecule has 118 valence electrons. The third kappa shape index (κ3) is 4.96. The van der Waals surface area contributed by atoms with Crippen molar-refractivity contribution in [1.29, 1.82) is 0 Å². The van der Waals surface area contributed by atoms with Crippen LogP contribution in [-0.2, 0) is 4.79 Å². The minimum absolute atomic E-state index is 0.0259. The van der Waals surface area contributed by atoms with Crippen molar-refractivity contribution in [2.75, 3.05) is 7.11 Å². The van der Waals surface area contributed by atoms with E-state index >= 15 is 0 Å². The summed E-state index contributed by atoms with van der Waals surface area (Å²) in [5.74, 6) is -0.409. The number of phenolic OH excluding ortho intramolecular Hbond substituents is 1. The fraction of sp³-hybridized carbons (Fsp3) is 0.0588. The van der Waals surface area contributed by atoms with Crippen LogP contribution in [0.2, 0.25) is 0 Å². The predicted octanol–water partition coefficient (Wildman–Crippen LogP) is 2.70. The zero-order valence-corrected chi connectivity index (χ0v) is 12.4. The first-order valence-corrected chi connectivity index (χ1v) is 6.72. The monoisotopic (exact) mass is 314 g/mol. The van der Waals surface area contributed by atoms with Gasteiger partial charge >= 0.3 is 0 Å². The maximum Gasteiger partial charge on any atom is 0.264 e. The Kier molecular flexibility index (Phi) is 5.46. The van der Waals surface area contributed by atoms with Crippen molar-refractivity contribution < 1.29 is 19.0 Å². The van der Waals surface area contributed by atoms with Crippen molar-refractivity contribution in [3.8, 4) is 11.5 Å². The second-order valence-electron chi connectivity index (χ2n) is 4.55. The van der Waals surface area contributed by atoms with Gasteiger partial charge in [-0.2, -0.15) is 5.10 Å².